The molecule has 2 N–H and O–H groups in total. The first-order valence-corrected chi connectivity index (χ1v) is 9.60. The third-order valence-electron chi connectivity index (χ3n) is 5.12. The molecule has 0 saturated heterocycles. The van der Waals surface area contributed by atoms with Crippen molar-refractivity contribution in [1.82, 2.24) is 10.6 Å². The van der Waals surface area contributed by atoms with Gasteiger partial charge in [0.15, 0.2) is 0 Å². The molecule has 0 bridgehead atoms. The molecule has 2 aromatic carbocycles. The highest BCUT2D eigenvalue weighted by Crippen LogP contribution is 2.30. The molecule has 4 rings (SSSR count). The molecule has 1 heterocycles. The number of aryl methyl sites for hydroxylation is 1. The van der Waals surface area contributed by atoms with Gasteiger partial charge in [0.05, 0.1) is 19.2 Å². The largest absolute Gasteiger partial charge is 0.493 e. The molecule has 1 aliphatic heterocycles. The fourth-order valence-corrected chi connectivity index (χ4v) is 3.49. The van der Waals surface area contributed by atoms with Crippen molar-refractivity contribution in [3.05, 3.63) is 65.2 Å². The lowest BCUT2D eigenvalue weighted by Gasteiger charge is -2.23. The fourth-order valence-electron chi connectivity index (χ4n) is 3.49. The summed E-state index contributed by atoms with van der Waals surface area (Å²) < 4.78 is 5.73. The van der Waals surface area contributed by atoms with Crippen LogP contribution in [0.1, 0.15) is 42.0 Å². The molecule has 26 heavy (non-hydrogen) atoms. The second-order valence-electron chi connectivity index (χ2n) is 7.30. The molecular weight excluding hydrogens is 324 g/mol. The van der Waals surface area contributed by atoms with Crippen molar-refractivity contribution in [3.63, 3.8) is 0 Å². The zero-order valence-electron chi connectivity index (χ0n) is 15.0. The predicted octanol–water partition coefficient (Wildman–Crippen LogP) is 3.22. The molecule has 1 unspecified atom stereocenters. The van der Waals surface area contributed by atoms with E-state index in [2.05, 4.69) is 34.9 Å². The number of nitrogens with one attached hydrogen (secondary N) is 2. The van der Waals surface area contributed by atoms with Crippen LogP contribution >= 0.6 is 0 Å². The first-order chi connectivity index (χ1) is 12.8. The van der Waals surface area contributed by atoms with E-state index in [9.17, 15) is 4.79 Å². The Kier molecular flexibility index (Phi) is 5.21. The van der Waals surface area contributed by atoms with Gasteiger partial charge in [-0.1, -0.05) is 36.4 Å². The van der Waals surface area contributed by atoms with Gasteiger partial charge < -0.3 is 15.4 Å². The minimum Gasteiger partial charge on any atom is -0.493 e. The van der Waals surface area contributed by atoms with Crippen LogP contribution in [0, 0.1) is 5.92 Å². The maximum atomic E-state index is 12.5. The number of fused-ring (bicyclic) bond motifs is 1. The Morgan fingerprint density at radius 1 is 1.12 bits per heavy atom. The number of hydrogen-bond acceptors (Lipinski definition) is 3. The molecule has 0 radical (unpaired) electrons. The van der Waals surface area contributed by atoms with E-state index in [1.165, 1.54) is 18.4 Å². The molecule has 2 aromatic rings. The minimum atomic E-state index is -0.140. The van der Waals surface area contributed by atoms with Gasteiger partial charge in [-0.25, -0.2) is 0 Å². The molecule has 0 spiro atoms. The lowest BCUT2D eigenvalue weighted by atomic mass is 9.95. The van der Waals surface area contributed by atoms with Crippen molar-refractivity contribution in [2.45, 2.75) is 31.7 Å². The average molecular weight is 350 g/mol. The minimum absolute atomic E-state index is 0.0356. The summed E-state index contributed by atoms with van der Waals surface area (Å²) >= 11 is 0. The highest BCUT2D eigenvalue weighted by Gasteiger charge is 2.22. The lowest BCUT2D eigenvalue weighted by molar-refractivity contribution is -0.120. The van der Waals surface area contributed by atoms with Crippen LogP contribution in [0.4, 0.5) is 0 Å². The zero-order chi connectivity index (χ0) is 17.8. The zero-order valence-corrected chi connectivity index (χ0v) is 15.0. The van der Waals surface area contributed by atoms with Crippen molar-refractivity contribution >= 4 is 5.91 Å². The monoisotopic (exact) mass is 350 g/mol. The number of rotatable bonds is 7. The van der Waals surface area contributed by atoms with E-state index in [1.807, 2.05) is 24.3 Å². The number of benzene rings is 2. The number of hydrogen-bond donors (Lipinski definition) is 2. The maximum Gasteiger partial charge on any atom is 0.234 e. The molecule has 4 heteroatoms. The Hall–Kier alpha value is -2.33. The third kappa shape index (κ3) is 4.25. The van der Waals surface area contributed by atoms with Crippen LogP contribution in [0.15, 0.2) is 48.5 Å². The number of amides is 1. The Morgan fingerprint density at radius 3 is 2.77 bits per heavy atom. The van der Waals surface area contributed by atoms with Gasteiger partial charge in [-0.2, -0.15) is 0 Å². The second kappa shape index (κ2) is 7.92. The number of carbonyl (C=O) groups excluding carboxylic acids is 1. The summed E-state index contributed by atoms with van der Waals surface area (Å²) in [5.74, 6) is 1.78. The van der Waals surface area contributed by atoms with Gasteiger partial charge in [0.25, 0.3) is 0 Å². The van der Waals surface area contributed by atoms with E-state index in [1.54, 1.807) is 0 Å². The van der Waals surface area contributed by atoms with Gasteiger partial charge in [0, 0.05) is 0 Å². The molecule has 4 nitrogen and oxygen atoms in total. The van der Waals surface area contributed by atoms with Crippen molar-refractivity contribution < 1.29 is 9.53 Å². The average Bonchev–Trinajstić information content (AvgIpc) is 3.51. The van der Waals surface area contributed by atoms with Crippen LogP contribution in [0.3, 0.4) is 0 Å². The standard InChI is InChI=1S/C22H26N2O2/c25-21(15-23-14-16-8-9-16)24-22(17-5-2-1-3-6-17)19-10-11-20-18(13-19)7-4-12-26-20/h1-3,5-6,10-11,13,16,22-23H,4,7-9,12,14-15H2,(H,24,25). The van der Waals surface area contributed by atoms with Crippen LogP contribution in [0.5, 0.6) is 5.75 Å². The molecule has 136 valence electrons. The molecule has 2 aliphatic rings. The Bertz CT molecular complexity index is 756. The van der Waals surface area contributed by atoms with Gasteiger partial charge in [-0.3, -0.25) is 4.79 Å². The topological polar surface area (TPSA) is 50.4 Å². The Labute approximate surface area is 155 Å². The highest BCUT2D eigenvalue weighted by molar-refractivity contribution is 5.79. The van der Waals surface area contributed by atoms with Gasteiger partial charge in [0.1, 0.15) is 5.75 Å². The molecule has 1 amide bonds. The van der Waals surface area contributed by atoms with Crippen molar-refractivity contribution in [3.8, 4) is 5.75 Å². The normalized spacial score (nSPS) is 17.1. The van der Waals surface area contributed by atoms with Crippen molar-refractivity contribution in [2.24, 2.45) is 5.92 Å². The van der Waals surface area contributed by atoms with E-state index in [4.69, 9.17) is 4.74 Å². The molecule has 1 saturated carbocycles. The van der Waals surface area contributed by atoms with Gasteiger partial charge in [0.2, 0.25) is 5.91 Å². The van der Waals surface area contributed by atoms with E-state index in [-0.39, 0.29) is 11.9 Å². The molecule has 0 aromatic heterocycles. The Morgan fingerprint density at radius 2 is 1.96 bits per heavy atom. The van der Waals surface area contributed by atoms with E-state index in [0.29, 0.717) is 6.54 Å². The van der Waals surface area contributed by atoms with Crippen LogP contribution in [0.25, 0.3) is 0 Å². The third-order valence-corrected chi connectivity index (χ3v) is 5.12. The summed E-state index contributed by atoms with van der Waals surface area (Å²) in [6.45, 7) is 2.10. The van der Waals surface area contributed by atoms with Crippen LogP contribution in [-0.2, 0) is 11.2 Å². The SMILES string of the molecule is O=C(CNCC1CC1)NC(c1ccccc1)c1ccc2c(c1)CCCO2. The Balaban J connectivity index is 1.51. The first-order valence-electron chi connectivity index (χ1n) is 9.60. The van der Waals surface area contributed by atoms with Gasteiger partial charge in [-0.05, 0) is 67.0 Å². The summed E-state index contributed by atoms with van der Waals surface area (Å²) in [4.78, 5) is 12.5. The smallest absolute Gasteiger partial charge is 0.234 e. The van der Waals surface area contributed by atoms with Crippen molar-refractivity contribution in [2.75, 3.05) is 19.7 Å². The lowest BCUT2D eigenvalue weighted by Crippen LogP contribution is -2.37. The summed E-state index contributed by atoms with van der Waals surface area (Å²) in [6, 6.07) is 16.3. The summed E-state index contributed by atoms with van der Waals surface area (Å²) in [5, 5.41) is 6.48. The second-order valence-corrected chi connectivity index (χ2v) is 7.30. The summed E-state index contributed by atoms with van der Waals surface area (Å²) in [5.41, 5.74) is 3.44. The van der Waals surface area contributed by atoms with Crippen LogP contribution < -0.4 is 15.4 Å². The van der Waals surface area contributed by atoms with Gasteiger partial charge in [-0.15, -0.1) is 0 Å². The van der Waals surface area contributed by atoms with E-state index in [0.717, 1.165) is 48.8 Å². The number of ether oxygens (including phenoxy) is 1. The fraction of sp³-hybridized carbons (Fsp3) is 0.409. The van der Waals surface area contributed by atoms with E-state index < -0.39 is 0 Å². The number of carbonyl (C=O) groups is 1. The first kappa shape index (κ1) is 17.1. The summed E-state index contributed by atoms with van der Waals surface area (Å²) in [7, 11) is 0. The van der Waals surface area contributed by atoms with Crippen molar-refractivity contribution in [1.29, 1.82) is 0 Å². The summed E-state index contributed by atoms with van der Waals surface area (Å²) in [6.07, 6.45) is 4.66. The molecule has 1 aliphatic carbocycles. The van der Waals surface area contributed by atoms with Crippen LogP contribution in [0.2, 0.25) is 0 Å². The van der Waals surface area contributed by atoms with Crippen LogP contribution in [-0.4, -0.2) is 25.6 Å². The molecular formula is C22H26N2O2. The predicted molar refractivity (Wildman–Crippen MR) is 102 cm³/mol. The quantitative estimate of drug-likeness (QED) is 0.806. The van der Waals surface area contributed by atoms with Gasteiger partial charge >= 0.3 is 0 Å². The van der Waals surface area contributed by atoms with E-state index >= 15 is 0 Å². The maximum absolute atomic E-state index is 12.5. The molecule has 1 atom stereocenters. The highest BCUT2D eigenvalue weighted by atomic mass is 16.5. The molecule has 1 fully saturated rings.